The van der Waals surface area contributed by atoms with Gasteiger partial charge in [0.2, 0.25) is 5.43 Å². The zero-order valence-corrected chi connectivity index (χ0v) is 10.7. The summed E-state index contributed by atoms with van der Waals surface area (Å²) < 4.78 is 0.746. The Morgan fingerprint density at radius 2 is 2.18 bits per heavy atom. The first-order valence-corrected chi connectivity index (χ1v) is 5.91. The van der Waals surface area contributed by atoms with Crippen molar-refractivity contribution in [2.24, 2.45) is 0 Å². The fraction of sp³-hybridized carbons (Fsp3) is 0.167. The van der Waals surface area contributed by atoms with Crippen LogP contribution in [0.4, 0.5) is 0 Å². The van der Waals surface area contributed by atoms with Crippen LogP contribution in [0.1, 0.15) is 23.0 Å². The molecule has 0 fully saturated rings. The minimum atomic E-state index is -1.19. The number of hydrogen-bond acceptors (Lipinski definition) is 2. The van der Waals surface area contributed by atoms with Crippen molar-refractivity contribution < 1.29 is 9.90 Å². The summed E-state index contributed by atoms with van der Waals surface area (Å²) >= 11 is 3.26. The van der Waals surface area contributed by atoms with Crippen LogP contribution in [0, 0.1) is 0 Å². The minimum Gasteiger partial charge on any atom is -0.477 e. The lowest BCUT2D eigenvalue weighted by Crippen LogP contribution is -2.19. The number of aryl methyl sites for hydroxylation is 1. The lowest BCUT2D eigenvalue weighted by atomic mass is 10.1. The molecule has 88 valence electrons. The van der Waals surface area contributed by atoms with Crippen molar-refractivity contribution in [3.8, 4) is 0 Å². The molecular formula is C12H10BrNO3. The van der Waals surface area contributed by atoms with E-state index in [4.69, 9.17) is 5.11 Å². The number of nitrogens with one attached hydrogen (secondary N) is 1. The number of benzene rings is 1. The number of carboxylic acids is 1. The lowest BCUT2D eigenvalue weighted by Gasteiger charge is -2.06. The van der Waals surface area contributed by atoms with Crippen molar-refractivity contribution in [1.29, 1.82) is 0 Å². The van der Waals surface area contributed by atoms with Crippen molar-refractivity contribution in [2.75, 3.05) is 0 Å². The first kappa shape index (κ1) is 11.9. The number of pyridine rings is 1. The van der Waals surface area contributed by atoms with Gasteiger partial charge in [0, 0.05) is 21.1 Å². The molecule has 2 N–H and O–H groups in total. The zero-order valence-electron chi connectivity index (χ0n) is 9.08. The number of fused-ring (bicyclic) bond motifs is 1. The highest BCUT2D eigenvalue weighted by Gasteiger charge is 2.16. The molecule has 0 amide bonds. The largest absolute Gasteiger partial charge is 0.477 e. The molecule has 0 atom stereocenters. The van der Waals surface area contributed by atoms with Crippen molar-refractivity contribution in [1.82, 2.24) is 4.98 Å². The van der Waals surface area contributed by atoms with Crippen molar-refractivity contribution in [2.45, 2.75) is 13.3 Å². The molecule has 0 aliphatic rings. The van der Waals surface area contributed by atoms with Gasteiger partial charge in [0.25, 0.3) is 0 Å². The van der Waals surface area contributed by atoms with E-state index >= 15 is 0 Å². The quantitative estimate of drug-likeness (QED) is 0.894. The van der Waals surface area contributed by atoms with Gasteiger partial charge in [0.1, 0.15) is 5.56 Å². The maximum absolute atomic E-state index is 12.1. The highest BCUT2D eigenvalue weighted by atomic mass is 79.9. The van der Waals surface area contributed by atoms with Crippen LogP contribution in [0.5, 0.6) is 0 Å². The predicted octanol–water partition coefficient (Wildman–Crippen LogP) is 2.55. The average Bonchev–Trinajstić information content (AvgIpc) is 2.29. The molecule has 2 aromatic rings. The van der Waals surface area contributed by atoms with E-state index in [0.717, 1.165) is 4.47 Å². The number of aromatic amines is 1. The van der Waals surface area contributed by atoms with Gasteiger partial charge in [-0.25, -0.2) is 4.79 Å². The molecule has 5 heteroatoms. The van der Waals surface area contributed by atoms with E-state index in [-0.39, 0.29) is 5.56 Å². The molecular weight excluding hydrogens is 286 g/mol. The second kappa shape index (κ2) is 4.33. The maximum Gasteiger partial charge on any atom is 0.341 e. The summed E-state index contributed by atoms with van der Waals surface area (Å²) in [6, 6.07) is 5.18. The molecule has 0 radical (unpaired) electrons. The van der Waals surface area contributed by atoms with Crippen LogP contribution in [-0.2, 0) is 6.42 Å². The summed E-state index contributed by atoms with van der Waals surface area (Å²) in [4.78, 5) is 26.2. The van der Waals surface area contributed by atoms with E-state index in [9.17, 15) is 9.59 Å². The Bertz CT molecular complexity index is 661. The van der Waals surface area contributed by atoms with E-state index < -0.39 is 11.4 Å². The molecule has 1 heterocycles. The van der Waals surface area contributed by atoms with Gasteiger partial charge in [-0.2, -0.15) is 0 Å². The molecule has 0 aliphatic carbocycles. The minimum absolute atomic E-state index is 0.168. The van der Waals surface area contributed by atoms with Gasteiger partial charge in [-0.1, -0.05) is 22.9 Å². The van der Waals surface area contributed by atoms with Crippen LogP contribution < -0.4 is 5.43 Å². The summed E-state index contributed by atoms with van der Waals surface area (Å²) in [5.41, 5.74) is 0.500. The molecule has 0 bridgehead atoms. The molecule has 0 saturated heterocycles. The maximum atomic E-state index is 12.1. The van der Waals surface area contributed by atoms with Crippen LogP contribution in [-0.4, -0.2) is 16.1 Å². The van der Waals surface area contributed by atoms with Gasteiger partial charge in [0.05, 0.1) is 0 Å². The molecule has 0 spiro atoms. The normalized spacial score (nSPS) is 10.7. The average molecular weight is 296 g/mol. The van der Waals surface area contributed by atoms with Crippen LogP contribution in [0.3, 0.4) is 0 Å². The summed E-state index contributed by atoms with van der Waals surface area (Å²) in [5.74, 6) is -1.19. The third kappa shape index (κ3) is 1.98. The molecule has 2 rings (SSSR count). The Balaban J connectivity index is 2.94. The van der Waals surface area contributed by atoms with Gasteiger partial charge in [0.15, 0.2) is 0 Å². The van der Waals surface area contributed by atoms with Crippen molar-refractivity contribution in [3.63, 3.8) is 0 Å². The number of hydrogen-bond donors (Lipinski definition) is 2. The number of H-pyrrole nitrogens is 1. The van der Waals surface area contributed by atoms with Crippen LogP contribution in [0.25, 0.3) is 10.9 Å². The van der Waals surface area contributed by atoms with E-state index in [2.05, 4.69) is 20.9 Å². The van der Waals surface area contributed by atoms with E-state index in [0.29, 0.717) is 23.0 Å². The number of carboxylic acid groups (broad SMARTS) is 1. The Kier molecular flexibility index (Phi) is 3.02. The van der Waals surface area contributed by atoms with E-state index in [1.54, 1.807) is 18.2 Å². The molecule has 4 nitrogen and oxygen atoms in total. The molecule has 0 unspecified atom stereocenters. The second-order valence-corrected chi connectivity index (χ2v) is 4.57. The van der Waals surface area contributed by atoms with Gasteiger partial charge < -0.3 is 10.1 Å². The van der Waals surface area contributed by atoms with E-state index in [1.807, 2.05) is 6.92 Å². The smallest absolute Gasteiger partial charge is 0.341 e. The summed E-state index contributed by atoms with van der Waals surface area (Å²) in [7, 11) is 0. The van der Waals surface area contributed by atoms with E-state index in [1.165, 1.54) is 0 Å². The number of rotatable bonds is 2. The summed E-state index contributed by atoms with van der Waals surface area (Å²) in [6.07, 6.45) is 0.475. The SMILES string of the molecule is CCc1[nH]c2ccc(Br)cc2c(=O)c1C(=O)O. The summed E-state index contributed by atoms with van der Waals surface area (Å²) in [5, 5.41) is 9.46. The molecule has 0 saturated carbocycles. The van der Waals surface area contributed by atoms with Gasteiger partial charge in [-0.05, 0) is 24.6 Å². The third-order valence-corrected chi connectivity index (χ3v) is 3.10. The van der Waals surface area contributed by atoms with Gasteiger partial charge in [-0.15, -0.1) is 0 Å². The van der Waals surface area contributed by atoms with Gasteiger partial charge >= 0.3 is 5.97 Å². The number of halogens is 1. The molecule has 17 heavy (non-hydrogen) atoms. The number of carbonyl (C=O) groups is 1. The fourth-order valence-electron chi connectivity index (χ4n) is 1.80. The third-order valence-electron chi connectivity index (χ3n) is 2.61. The second-order valence-electron chi connectivity index (χ2n) is 3.66. The lowest BCUT2D eigenvalue weighted by molar-refractivity contribution is 0.0694. The molecule has 1 aromatic heterocycles. The first-order valence-electron chi connectivity index (χ1n) is 5.12. The summed E-state index contributed by atoms with van der Waals surface area (Å²) in [6.45, 7) is 1.81. The van der Waals surface area contributed by atoms with Crippen molar-refractivity contribution >= 4 is 32.8 Å². The Labute approximate surface area is 105 Å². The highest BCUT2D eigenvalue weighted by Crippen LogP contribution is 2.17. The Morgan fingerprint density at radius 1 is 1.47 bits per heavy atom. The van der Waals surface area contributed by atoms with Gasteiger partial charge in [-0.3, -0.25) is 4.79 Å². The van der Waals surface area contributed by atoms with Crippen LogP contribution in [0.15, 0.2) is 27.5 Å². The number of aromatic carboxylic acids is 1. The Morgan fingerprint density at radius 3 is 2.76 bits per heavy atom. The first-order chi connectivity index (χ1) is 8.04. The Hall–Kier alpha value is -1.62. The fourth-order valence-corrected chi connectivity index (χ4v) is 2.16. The molecule has 1 aromatic carbocycles. The van der Waals surface area contributed by atoms with Crippen LogP contribution >= 0.6 is 15.9 Å². The standard InChI is InChI=1S/C12H10BrNO3/c1-2-8-10(12(16)17)11(15)7-5-6(13)3-4-9(7)14-8/h3-5H,2H2,1H3,(H,14,15)(H,16,17). The zero-order chi connectivity index (χ0) is 12.6. The van der Waals surface area contributed by atoms with Crippen LogP contribution in [0.2, 0.25) is 0 Å². The van der Waals surface area contributed by atoms with Crippen molar-refractivity contribution in [3.05, 3.63) is 44.2 Å². The number of aromatic nitrogens is 1. The highest BCUT2D eigenvalue weighted by molar-refractivity contribution is 9.10. The topological polar surface area (TPSA) is 70.2 Å². The monoisotopic (exact) mass is 295 g/mol. The predicted molar refractivity (Wildman–Crippen MR) is 68.6 cm³/mol. The molecule has 0 aliphatic heterocycles.